The summed E-state index contributed by atoms with van der Waals surface area (Å²) in [6.07, 6.45) is 3.92. The Morgan fingerprint density at radius 2 is 2.21 bits per heavy atom. The van der Waals surface area contributed by atoms with Crippen molar-refractivity contribution in [3.63, 3.8) is 0 Å². The minimum Gasteiger partial charge on any atom is -0.363 e. The fraction of sp³-hybridized carbons (Fsp3) is 0.650. The van der Waals surface area contributed by atoms with Gasteiger partial charge < -0.3 is 20.1 Å². The van der Waals surface area contributed by atoms with Crippen molar-refractivity contribution in [3.8, 4) is 0 Å². The number of aromatic nitrogens is 2. The number of aliphatic imine (C=N–C) groups is 1. The molecular weight excluding hydrogens is 372 g/mol. The van der Waals surface area contributed by atoms with E-state index in [0.717, 1.165) is 63.6 Å². The molecule has 0 unspecified atom stereocenters. The van der Waals surface area contributed by atoms with Crippen molar-refractivity contribution in [2.24, 2.45) is 4.99 Å². The Hall–Kier alpha value is -2.09. The minimum atomic E-state index is 0.298. The van der Waals surface area contributed by atoms with Gasteiger partial charge in [-0.1, -0.05) is 19.0 Å². The maximum absolute atomic E-state index is 5.30. The first-order valence-electron chi connectivity index (χ1n) is 10.3. The highest BCUT2D eigenvalue weighted by molar-refractivity contribution is 7.14. The van der Waals surface area contributed by atoms with Crippen molar-refractivity contribution in [1.29, 1.82) is 0 Å². The lowest BCUT2D eigenvalue weighted by Gasteiger charge is -2.33. The summed E-state index contributed by atoms with van der Waals surface area (Å²) in [5, 5.41) is 14.5. The number of hydrogen-bond acceptors (Lipinski definition) is 6. The van der Waals surface area contributed by atoms with Crippen LogP contribution in [0.15, 0.2) is 27.0 Å². The van der Waals surface area contributed by atoms with Crippen molar-refractivity contribution in [2.75, 3.05) is 31.1 Å². The van der Waals surface area contributed by atoms with E-state index in [0.29, 0.717) is 17.9 Å². The highest BCUT2D eigenvalue weighted by Crippen LogP contribution is 2.24. The van der Waals surface area contributed by atoms with E-state index in [1.54, 1.807) is 0 Å². The maximum Gasteiger partial charge on any atom is 0.226 e. The number of nitrogens with zero attached hydrogens (tertiary/aromatic N) is 4. The number of aryl methyl sites for hydroxylation is 1. The van der Waals surface area contributed by atoms with E-state index in [4.69, 9.17) is 9.52 Å². The lowest BCUT2D eigenvalue weighted by molar-refractivity contribution is 0.369. The molecule has 2 aromatic heterocycles. The molecule has 1 fully saturated rings. The summed E-state index contributed by atoms with van der Waals surface area (Å²) in [5.41, 5.74) is 0. The van der Waals surface area contributed by atoms with Gasteiger partial charge in [-0.05, 0) is 43.7 Å². The lowest BCUT2D eigenvalue weighted by atomic mass is 10.1. The zero-order valence-electron chi connectivity index (χ0n) is 17.1. The lowest BCUT2D eigenvalue weighted by Crippen LogP contribution is -2.48. The maximum atomic E-state index is 5.30. The molecule has 0 radical (unpaired) electrons. The van der Waals surface area contributed by atoms with Gasteiger partial charge in [0.05, 0.1) is 5.00 Å². The molecule has 1 aliphatic heterocycles. The van der Waals surface area contributed by atoms with Gasteiger partial charge in [0.25, 0.3) is 0 Å². The van der Waals surface area contributed by atoms with E-state index in [2.05, 4.69) is 64.0 Å². The molecule has 154 valence electrons. The Morgan fingerprint density at radius 1 is 1.39 bits per heavy atom. The van der Waals surface area contributed by atoms with Gasteiger partial charge in [-0.3, -0.25) is 4.99 Å². The highest BCUT2D eigenvalue weighted by Gasteiger charge is 2.20. The van der Waals surface area contributed by atoms with Crippen molar-refractivity contribution in [3.05, 3.63) is 29.2 Å². The largest absolute Gasteiger partial charge is 0.363 e. The van der Waals surface area contributed by atoms with Crippen LogP contribution >= 0.6 is 11.3 Å². The van der Waals surface area contributed by atoms with Gasteiger partial charge in [0, 0.05) is 44.6 Å². The van der Waals surface area contributed by atoms with Crippen LogP contribution in [0.4, 0.5) is 5.00 Å². The Morgan fingerprint density at radius 3 is 2.86 bits per heavy atom. The Labute approximate surface area is 171 Å². The number of anilines is 1. The first-order chi connectivity index (χ1) is 13.7. The van der Waals surface area contributed by atoms with E-state index >= 15 is 0 Å². The minimum absolute atomic E-state index is 0.298. The molecule has 0 bridgehead atoms. The van der Waals surface area contributed by atoms with Crippen LogP contribution in [0.5, 0.6) is 0 Å². The van der Waals surface area contributed by atoms with E-state index in [1.165, 1.54) is 5.00 Å². The van der Waals surface area contributed by atoms with Gasteiger partial charge in [-0.2, -0.15) is 4.98 Å². The van der Waals surface area contributed by atoms with Crippen LogP contribution in [0.2, 0.25) is 0 Å². The monoisotopic (exact) mass is 404 g/mol. The molecule has 0 spiro atoms. The Balaban J connectivity index is 1.42. The van der Waals surface area contributed by atoms with E-state index in [1.807, 2.05) is 11.3 Å². The molecule has 28 heavy (non-hydrogen) atoms. The highest BCUT2D eigenvalue weighted by atomic mass is 32.1. The summed E-state index contributed by atoms with van der Waals surface area (Å²) in [4.78, 5) is 11.6. The van der Waals surface area contributed by atoms with Crippen LogP contribution in [0.3, 0.4) is 0 Å². The predicted molar refractivity (Wildman–Crippen MR) is 115 cm³/mol. The van der Waals surface area contributed by atoms with Gasteiger partial charge >= 0.3 is 0 Å². The number of nitrogens with one attached hydrogen (secondary N) is 2. The Bertz CT molecular complexity index is 719. The first-order valence-corrected chi connectivity index (χ1v) is 11.2. The zero-order chi connectivity index (χ0) is 19.8. The zero-order valence-corrected chi connectivity index (χ0v) is 18.0. The number of rotatable bonds is 8. The average molecular weight is 405 g/mol. The van der Waals surface area contributed by atoms with Crippen LogP contribution < -0.4 is 15.5 Å². The normalized spacial score (nSPS) is 16.0. The SMILES string of the molecule is CCNC(=NCCCc1nc(C(C)C)no1)NC1CCN(c2cccs2)CC1. The van der Waals surface area contributed by atoms with Gasteiger partial charge in [0.15, 0.2) is 11.8 Å². The van der Waals surface area contributed by atoms with Crippen molar-refractivity contribution in [1.82, 2.24) is 20.8 Å². The molecule has 3 rings (SSSR count). The first kappa shape index (κ1) is 20.6. The molecular formula is C20H32N6OS. The van der Waals surface area contributed by atoms with Crippen LogP contribution in [0.25, 0.3) is 0 Å². The topological polar surface area (TPSA) is 78.6 Å². The van der Waals surface area contributed by atoms with Crippen molar-refractivity contribution in [2.45, 2.75) is 58.4 Å². The second kappa shape index (κ2) is 10.5. The number of piperidine rings is 1. The van der Waals surface area contributed by atoms with Gasteiger partial charge in [0.1, 0.15) is 0 Å². The second-order valence-electron chi connectivity index (χ2n) is 7.42. The van der Waals surface area contributed by atoms with Gasteiger partial charge in [0.2, 0.25) is 5.89 Å². The van der Waals surface area contributed by atoms with Gasteiger partial charge in [-0.25, -0.2) is 0 Å². The predicted octanol–water partition coefficient (Wildman–Crippen LogP) is 3.41. The quantitative estimate of drug-likeness (QED) is 0.399. The van der Waals surface area contributed by atoms with E-state index in [-0.39, 0.29) is 0 Å². The van der Waals surface area contributed by atoms with Crippen LogP contribution in [0.1, 0.15) is 57.7 Å². The molecule has 3 heterocycles. The number of hydrogen-bond donors (Lipinski definition) is 2. The number of thiophene rings is 1. The molecule has 2 N–H and O–H groups in total. The molecule has 7 nitrogen and oxygen atoms in total. The molecule has 0 amide bonds. The standard InChI is InChI=1S/C20H32N6OS/c1-4-21-20(22-11-5-7-17-24-19(15(2)3)25-27-17)23-16-9-12-26(13-10-16)18-8-6-14-28-18/h6,8,14-16H,4-5,7,9-13H2,1-3H3,(H2,21,22,23). The molecule has 1 aliphatic rings. The molecule has 0 saturated carbocycles. The fourth-order valence-electron chi connectivity index (χ4n) is 3.23. The summed E-state index contributed by atoms with van der Waals surface area (Å²) in [6, 6.07) is 4.80. The van der Waals surface area contributed by atoms with E-state index < -0.39 is 0 Å². The summed E-state index contributed by atoms with van der Waals surface area (Å²) in [5.74, 6) is 2.69. The summed E-state index contributed by atoms with van der Waals surface area (Å²) in [6.45, 7) is 10.0. The molecule has 2 aromatic rings. The van der Waals surface area contributed by atoms with Gasteiger partial charge in [-0.15, -0.1) is 11.3 Å². The third kappa shape index (κ3) is 5.95. The summed E-state index contributed by atoms with van der Waals surface area (Å²) in [7, 11) is 0. The van der Waals surface area contributed by atoms with Crippen molar-refractivity contribution < 1.29 is 4.52 Å². The molecule has 1 saturated heterocycles. The summed E-state index contributed by atoms with van der Waals surface area (Å²) >= 11 is 1.82. The second-order valence-corrected chi connectivity index (χ2v) is 8.35. The van der Waals surface area contributed by atoms with Crippen molar-refractivity contribution >= 4 is 22.3 Å². The summed E-state index contributed by atoms with van der Waals surface area (Å²) < 4.78 is 5.30. The van der Waals surface area contributed by atoms with Crippen LogP contribution in [-0.2, 0) is 6.42 Å². The van der Waals surface area contributed by atoms with Crippen LogP contribution in [0, 0.1) is 0 Å². The smallest absolute Gasteiger partial charge is 0.226 e. The number of guanidine groups is 1. The Kier molecular flexibility index (Phi) is 7.71. The third-order valence-electron chi connectivity index (χ3n) is 4.82. The molecule has 0 aliphatic carbocycles. The molecule has 0 aromatic carbocycles. The van der Waals surface area contributed by atoms with E-state index in [9.17, 15) is 0 Å². The fourth-order valence-corrected chi connectivity index (χ4v) is 4.02. The van der Waals surface area contributed by atoms with Crippen LogP contribution in [-0.4, -0.2) is 48.3 Å². The third-order valence-corrected chi connectivity index (χ3v) is 5.75. The average Bonchev–Trinajstić information content (AvgIpc) is 3.38. The molecule has 8 heteroatoms. The molecule has 0 atom stereocenters.